The van der Waals surface area contributed by atoms with Crippen LogP contribution in [0.3, 0.4) is 0 Å². The van der Waals surface area contributed by atoms with Crippen LogP contribution in [0.5, 0.6) is 5.88 Å². The van der Waals surface area contributed by atoms with Gasteiger partial charge in [-0.2, -0.15) is 13.2 Å². The summed E-state index contributed by atoms with van der Waals surface area (Å²) in [5, 5.41) is 0.623. The molecule has 1 heterocycles. The summed E-state index contributed by atoms with van der Waals surface area (Å²) in [5.41, 5.74) is 0.916. The molecular formula is C17H13ClF3NO. The molecule has 1 aromatic heterocycles. The van der Waals surface area contributed by atoms with Crippen molar-refractivity contribution in [1.82, 2.24) is 4.98 Å². The second-order valence-corrected chi connectivity index (χ2v) is 5.14. The number of allylic oxidation sites excluding steroid dienone is 1. The van der Waals surface area contributed by atoms with Gasteiger partial charge in [0.1, 0.15) is 5.76 Å². The van der Waals surface area contributed by atoms with E-state index in [-0.39, 0.29) is 11.6 Å². The van der Waals surface area contributed by atoms with Crippen LogP contribution in [0.1, 0.15) is 16.7 Å². The number of rotatable bonds is 4. The normalized spacial score (nSPS) is 11.7. The summed E-state index contributed by atoms with van der Waals surface area (Å²) in [7, 11) is 0. The summed E-state index contributed by atoms with van der Waals surface area (Å²) in [6.45, 7) is 5.51. The fraction of sp³-hybridized carbons (Fsp3) is 0.118. The monoisotopic (exact) mass is 339 g/mol. The van der Waals surface area contributed by atoms with E-state index in [9.17, 15) is 13.2 Å². The summed E-state index contributed by atoms with van der Waals surface area (Å²) >= 11 is 6.01. The van der Waals surface area contributed by atoms with Gasteiger partial charge in [-0.15, -0.1) is 0 Å². The van der Waals surface area contributed by atoms with Crippen molar-refractivity contribution in [2.24, 2.45) is 0 Å². The van der Waals surface area contributed by atoms with Crippen LogP contribution < -0.4 is 4.74 Å². The van der Waals surface area contributed by atoms with Gasteiger partial charge in [-0.25, -0.2) is 4.98 Å². The largest absolute Gasteiger partial charge is 0.440 e. The first kappa shape index (κ1) is 17.1. The summed E-state index contributed by atoms with van der Waals surface area (Å²) in [6.07, 6.45) is -0.149. The predicted octanol–water partition coefficient (Wildman–Crippen LogP) is 5.67. The van der Waals surface area contributed by atoms with Crippen LogP contribution in [0.4, 0.5) is 13.2 Å². The molecule has 0 unspecified atom stereocenters. The van der Waals surface area contributed by atoms with Gasteiger partial charge in [0, 0.05) is 17.3 Å². The Morgan fingerprint density at radius 1 is 1.30 bits per heavy atom. The van der Waals surface area contributed by atoms with Crippen LogP contribution >= 0.6 is 11.6 Å². The van der Waals surface area contributed by atoms with E-state index in [0.717, 1.165) is 29.5 Å². The molecule has 0 radical (unpaired) electrons. The molecule has 2 aromatic rings. The standard InChI is InChI=1S/C17H13ClF3NO/c1-11(6-7-13-4-3-5-15(18)12(13)2)23-16-10-14(8-9-22-16)17(19,20)21/h3-10H,1H2,2H3/b7-6-. The molecule has 2 rings (SSSR count). The van der Waals surface area contributed by atoms with Crippen molar-refractivity contribution in [1.29, 1.82) is 0 Å². The molecule has 0 atom stereocenters. The zero-order chi connectivity index (χ0) is 17.0. The third-order valence-electron chi connectivity index (χ3n) is 3.06. The quantitative estimate of drug-likeness (QED) is 0.529. The molecule has 2 nitrogen and oxygen atoms in total. The SMILES string of the molecule is C=C(/C=C\c1cccc(Cl)c1C)Oc1cc(C(F)(F)F)ccn1. The van der Waals surface area contributed by atoms with E-state index in [1.807, 2.05) is 13.0 Å². The number of halogens is 4. The summed E-state index contributed by atoms with van der Waals surface area (Å²) in [4.78, 5) is 3.74. The van der Waals surface area contributed by atoms with Crippen molar-refractivity contribution in [3.05, 3.63) is 76.7 Å². The van der Waals surface area contributed by atoms with E-state index in [1.54, 1.807) is 24.3 Å². The van der Waals surface area contributed by atoms with Gasteiger partial charge in [0.15, 0.2) is 0 Å². The molecule has 0 aliphatic rings. The van der Waals surface area contributed by atoms with E-state index in [1.165, 1.54) is 0 Å². The molecular weight excluding hydrogens is 327 g/mol. The van der Waals surface area contributed by atoms with Gasteiger partial charge in [0.25, 0.3) is 0 Å². The van der Waals surface area contributed by atoms with Crippen molar-refractivity contribution < 1.29 is 17.9 Å². The highest BCUT2D eigenvalue weighted by molar-refractivity contribution is 6.31. The van der Waals surface area contributed by atoms with Crippen molar-refractivity contribution >= 4 is 17.7 Å². The molecule has 23 heavy (non-hydrogen) atoms. The number of ether oxygens (including phenoxy) is 1. The maximum absolute atomic E-state index is 12.6. The molecule has 1 aromatic carbocycles. The van der Waals surface area contributed by atoms with Gasteiger partial charge in [-0.1, -0.05) is 36.4 Å². The van der Waals surface area contributed by atoms with Crippen LogP contribution in [-0.4, -0.2) is 4.98 Å². The topological polar surface area (TPSA) is 22.1 Å². The molecule has 0 bridgehead atoms. The van der Waals surface area contributed by atoms with E-state index in [2.05, 4.69) is 11.6 Å². The number of aromatic nitrogens is 1. The van der Waals surface area contributed by atoms with Gasteiger partial charge in [0.2, 0.25) is 5.88 Å². The highest BCUT2D eigenvalue weighted by Gasteiger charge is 2.30. The fourth-order valence-electron chi connectivity index (χ4n) is 1.80. The Morgan fingerprint density at radius 2 is 2.04 bits per heavy atom. The Balaban J connectivity index is 2.11. The van der Waals surface area contributed by atoms with Crippen molar-refractivity contribution in [3.8, 4) is 5.88 Å². The lowest BCUT2D eigenvalue weighted by atomic mass is 10.1. The Kier molecular flexibility index (Phi) is 5.11. The van der Waals surface area contributed by atoms with Crippen molar-refractivity contribution in [3.63, 3.8) is 0 Å². The van der Waals surface area contributed by atoms with Crippen LogP contribution in [0.15, 0.2) is 54.9 Å². The number of pyridine rings is 1. The highest BCUT2D eigenvalue weighted by Crippen LogP contribution is 2.30. The summed E-state index contributed by atoms with van der Waals surface area (Å²) in [5.74, 6) is -0.00603. The van der Waals surface area contributed by atoms with E-state index < -0.39 is 11.7 Å². The number of hydrogen-bond acceptors (Lipinski definition) is 2. The maximum atomic E-state index is 12.6. The number of benzene rings is 1. The molecule has 120 valence electrons. The van der Waals surface area contributed by atoms with Crippen LogP contribution in [0, 0.1) is 6.92 Å². The zero-order valence-electron chi connectivity index (χ0n) is 12.2. The van der Waals surface area contributed by atoms with Gasteiger partial charge in [-0.3, -0.25) is 0 Å². The predicted molar refractivity (Wildman–Crippen MR) is 84.2 cm³/mol. The number of alkyl halides is 3. The van der Waals surface area contributed by atoms with Gasteiger partial charge < -0.3 is 4.74 Å². The first-order valence-corrected chi connectivity index (χ1v) is 6.98. The molecule has 0 saturated heterocycles. The van der Waals surface area contributed by atoms with Gasteiger partial charge >= 0.3 is 6.18 Å². The summed E-state index contributed by atoms with van der Waals surface area (Å²) < 4.78 is 43.1. The first-order valence-electron chi connectivity index (χ1n) is 6.60. The Labute approximate surface area is 136 Å². The minimum Gasteiger partial charge on any atom is -0.440 e. The Bertz CT molecular complexity index is 754. The molecule has 0 amide bonds. The lowest BCUT2D eigenvalue weighted by molar-refractivity contribution is -0.137. The van der Waals surface area contributed by atoms with Gasteiger partial charge in [0.05, 0.1) is 5.56 Å². The minimum atomic E-state index is -4.45. The molecule has 0 aliphatic carbocycles. The van der Waals surface area contributed by atoms with Crippen LogP contribution in [0.2, 0.25) is 5.02 Å². The zero-order valence-corrected chi connectivity index (χ0v) is 12.9. The fourth-order valence-corrected chi connectivity index (χ4v) is 1.98. The number of nitrogens with zero attached hydrogens (tertiary/aromatic N) is 1. The molecule has 6 heteroatoms. The molecule has 0 saturated carbocycles. The Morgan fingerprint density at radius 3 is 2.74 bits per heavy atom. The van der Waals surface area contributed by atoms with Crippen molar-refractivity contribution in [2.45, 2.75) is 13.1 Å². The van der Waals surface area contributed by atoms with Gasteiger partial charge in [-0.05, 0) is 36.3 Å². The molecule has 0 N–H and O–H groups in total. The van der Waals surface area contributed by atoms with E-state index in [4.69, 9.17) is 16.3 Å². The minimum absolute atomic E-state index is 0.163. The smallest absolute Gasteiger partial charge is 0.416 e. The lowest BCUT2D eigenvalue weighted by Gasteiger charge is -2.09. The number of hydrogen-bond donors (Lipinski definition) is 0. The van der Waals surface area contributed by atoms with E-state index >= 15 is 0 Å². The average molecular weight is 340 g/mol. The first-order chi connectivity index (χ1) is 10.8. The van der Waals surface area contributed by atoms with E-state index in [0.29, 0.717) is 5.02 Å². The second-order valence-electron chi connectivity index (χ2n) is 4.74. The van der Waals surface area contributed by atoms with Crippen LogP contribution in [-0.2, 0) is 6.18 Å². The summed E-state index contributed by atoms with van der Waals surface area (Å²) in [6, 6.07) is 7.12. The third-order valence-corrected chi connectivity index (χ3v) is 3.47. The molecule has 0 spiro atoms. The highest BCUT2D eigenvalue weighted by atomic mass is 35.5. The van der Waals surface area contributed by atoms with Crippen molar-refractivity contribution in [2.75, 3.05) is 0 Å². The molecule has 0 fully saturated rings. The average Bonchev–Trinajstić information content (AvgIpc) is 2.48. The maximum Gasteiger partial charge on any atom is 0.416 e. The van der Waals surface area contributed by atoms with Crippen LogP contribution in [0.25, 0.3) is 6.08 Å². The Hall–Kier alpha value is -2.27. The molecule has 0 aliphatic heterocycles. The second kappa shape index (κ2) is 6.87. The lowest BCUT2D eigenvalue weighted by Crippen LogP contribution is -2.05. The third kappa shape index (κ3) is 4.60.